The Morgan fingerprint density at radius 1 is 1.12 bits per heavy atom. The Hall–Kier alpha value is -3.08. The van der Waals surface area contributed by atoms with Crippen LogP contribution in [0.5, 0.6) is 5.75 Å². The molecule has 0 aliphatic heterocycles. The van der Waals surface area contributed by atoms with Gasteiger partial charge in [-0.15, -0.1) is 0 Å². The molecule has 0 radical (unpaired) electrons. The first-order valence-corrected chi connectivity index (χ1v) is 7.64. The molecule has 3 rings (SSSR count). The van der Waals surface area contributed by atoms with E-state index in [0.29, 0.717) is 18.2 Å². The standard InChI is InChI=1S/C19H18N2O3/c1-13-18(21-19(24-13)15-6-4-3-5-7-15)12-23-17-10-8-16(9-11-17)20-14(2)22/h3-11H,12H2,1-2H3,(H,20,22). The van der Waals surface area contributed by atoms with Crippen LogP contribution in [0.2, 0.25) is 0 Å². The van der Waals surface area contributed by atoms with E-state index in [1.54, 1.807) is 24.3 Å². The maximum atomic E-state index is 11.0. The second-order valence-electron chi connectivity index (χ2n) is 5.38. The quantitative estimate of drug-likeness (QED) is 0.765. The molecule has 5 nitrogen and oxygen atoms in total. The van der Waals surface area contributed by atoms with E-state index in [4.69, 9.17) is 9.15 Å². The molecule has 1 N–H and O–H groups in total. The van der Waals surface area contributed by atoms with E-state index in [9.17, 15) is 4.79 Å². The molecule has 0 fully saturated rings. The number of benzene rings is 2. The third-order valence-corrected chi connectivity index (χ3v) is 3.46. The second-order valence-corrected chi connectivity index (χ2v) is 5.38. The zero-order valence-electron chi connectivity index (χ0n) is 13.6. The predicted molar refractivity (Wildman–Crippen MR) is 91.8 cm³/mol. The number of nitrogens with one attached hydrogen (secondary N) is 1. The molecular formula is C19H18N2O3. The van der Waals surface area contributed by atoms with Crippen molar-refractivity contribution in [3.05, 3.63) is 66.1 Å². The zero-order chi connectivity index (χ0) is 16.9. The lowest BCUT2D eigenvalue weighted by atomic mass is 10.2. The van der Waals surface area contributed by atoms with Crippen molar-refractivity contribution in [3.8, 4) is 17.2 Å². The SMILES string of the molecule is CC(=O)Nc1ccc(OCc2nc(-c3ccccc3)oc2C)cc1. The van der Waals surface area contributed by atoms with Gasteiger partial charge < -0.3 is 14.5 Å². The van der Waals surface area contributed by atoms with Crippen molar-refractivity contribution in [3.63, 3.8) is 0 Å². The molecule has 1 amide bonds. The molecule has 5 heteroatoms. The number of rotatable bonds is 5. The first-order valence-electron chi connectivity index (χ1n) is 7.64. The van der Waals surface area contributed by atoms with E-state index in [-0.39, 0.29) is 5.91 Å². The maximum absolute atomic E-state index is 11.0. The number of oxazole rings is 1. The van der Waals surface area contributed by atoms with Crippen molar-refractivity contribution in [1.82, 2.24) is 4.98 Å². The van der Waals surface area contributed by atoms with Crippen LogP contribution in [-0.2, 0) is 11.4 Å². The lowest BCUT2D eigenvalue weighted by molar-refractivity contribution is -0.114. The van der Waals surface area contributed by atoms with E-state index >= 15 is 0 Å². The summed E-state index contributed by atoms with van der Waals surface area (Å²) in [6.07, 6.45) is 0. The lowest BCUT2D eigenvalue weighted by Crippen LogP contribution is -2.05. The Morgan fingerprint density at radius 3 is 2.50 bits per heavy atom. The van der Waals surface area contributed by atoms with Gasteiger partial charge in [-0.25, -0.2) is 4.98 Å². The summed E-state index contributed by atoms with van der Waals surface area (Å²) in [5.74, 6) is 1.93. The summed E-state index contributed by atoms with van der Waals surface area (Å²) in [6, 6.07) is 17.0. The van der Waals surface area contributed by atoms with Crippen LogP contribution in [-0.4, -0.2) is 10.9 Å². The van der Waals surface area contributed by atoms with E-state index in [2.05, 4.69) is 10.3 Å². The minimum Gasteiger partial charge on any atom is -0.487 e. The van der Waals surface area contributed by atoms with Crippen LogP contribution in [0.1, 0.15) is 18.4 Å². The highest BCUT2D eigenvalue weighted by molar-refractivity contribution is 5.88. The molecule has 122 valence electrons. The second kappa shape index (κ2) is 7.00. The molecule has 0 aliphatic rings. The van der Waals surface area contributed by atoms with Crippen molar-refractivity contribution >= 4 is 11.6 Å². The zero-order valence-corrected chi connectivity index (χ0v) is 13.6. The topological polar surface area (TPSA) is 64.4 Å². The average Bonchev–Trinajstić information content (AvgIpc) is 2.95. The Morgan fingerprint density at radius 2 is 1.83 bits per heavy atom. The third kappa shape index (κ3) is 3.81. The van der Waals surface area contributed by atoms with Gasteiger partial charge in [0.15, 0.2) is 0 Å². The fraction of sp³-hybridized carbons (Fsp3) is 0.158. The van der Waals surface area contributed by atoms with Gasteiger partial charge in [-0.2, -0.15) is 0 Å². The van der Waals surface area contributed by atoms with Gasteiger partial charge in [0.25, 0.3) is 0 Å². The first kappa shape index (κ1) is 15.8. The third-order valence-electron chi connectivity index (χ3n) is 3.46. The largest absolute Gasteiger partial charge is 0.487 e. The highest BCUT2D eigenvalue weighted by Crippen LogP contribution is 2.23. The van der Waals surface area contributed by atoms with Gasteiger partial charge in [-0.3, -0.25) is 4.79 Å². The van der Waals surface area contributed by atoms with Gasteiger partial charge in [0.05, 0.1) is 0 Å². The number of ether oxygens (including phenoxy) is 1. The Bertz CT molecular complexity index is 824. The molecule has 0 aliphatic carbocycles. The summed E-state index contributed by atoms with van der Waals surface area (Å²) in [4.78, 5) is 15.5. The molecule has 0 unspecified atom stereocenters. The molecule has 0 atom stereocenters. The molecule has 24 heavy (non-hydrogen) atoms. The van der Waals surface area contributed by atoms with Crippen LogP contribution in [0.3, 0.4) is 0 Å². The summed E-state index contributed by atoms with van der Waals surface area (Å²) in [5.41, 5.74) is 2.44. The van der Waals surface area contributed by atoms with Gasteiger partial charge in [-0.05, 0) is 43.3 Å². The van der Waals surface area contributed by atoms with Crippen LogP contribution in [0.15, 0.2) is 59.0 Å². The van der Waals surface area contributed by atoms with Crippen molar-refractivity contribution in [1.29, 1.82) is 0 Å². The lowest BCUT2D eigenvalue weighted by Gasteiger charge is -2.06. The van der Waals surface area contributed by atoms with Gasteiger partial charge in [0.2, 0.25) is 11.8 Å². The Kier molecular flexibility index (Phi) is 4.61. The van der Waals surface area contributed by atoms with Gasteiger partial charge in [-0.1, -0.05) is 18.2 Å². The molecule has 3 aromatic rings. The van der Waals surface area contributed by atoms with Crippen molar-refractivity contribution in [2.45, 2.75) is 20.5 Å². The minimum atomic E-state index is -0.102. The van der Waals surface area contributed by atoms with Crippen LogP contribution in [0, 0.1) is 6.92 Å². The number of amides is 1. The molecule has 1 aromatic heterocycles. The normalized spacial score (nSPS) is 10.4. The molecular weight excluding hydrogens is 304 g/mol. The Balaban J connectivity index is 1.66. The highest BCUT2D eigenvalue weighted by Gasteiger charge is 2.11. The fourth-order valence-electron chi connectivity index (χ4n) is 2.26. The van der Waals surface area contributed by atoms with Crippen molar-refractivity contribution in [2.24, 2.45) is 0 Å². The number of carbonyl (C=O) groups is 1. The summed E-state index contributed by atoms with van der Waals surface area (Å²) in [7, 11) is 0. The Labute approximate surface area is 140 Å². The number of hydrogen-bond donors (Lipinski definition) is 1. The molecule has 0 saturated carbocycles. The number of carbonyl (C=O) groups excluding carboxylic acids is 1. The number of aromatic nitrogens is 1. The predicted octanol–water partition coefficient (Wildman–Crippen LogP) is 4.19. The number of hydrogen-bond acceptors (Lipinski definition) is 4. The van der Waals surface area contributed by atoms with Crippen LogP contribution < -0.4 is 10.1 Å². The number of aryl methyl sites for hydroxylation is 1. The highest BCUT2D eigenvalue weighted by atomic mass is 16.5. The van der Waals surface area contributed by atoms with Gasteiger partial charge in [0.1, 0.15) is 23.8 Å². The molecule has 0 bridgehead atoms. The minimum absolute atomic E-state index is 0.102. The first-order chi connectivity index (χ1) is 11.6. The van der Waals surface area contributed by atoms with Crippen molar-refractivity contribution < 1.29 is 13.9 Å². The molecule has 1 heterocycles. The van der Waals surface area contributed by atoms with Crippen molar-refractivity contribution in [2.75, 3.05) is 5.32 Å². The van der Waals surface area contributed by atoms with E-state index < -0.39 is 0 Å². The monoisotopic (exact) mass is 322 g/mol. The average molecular weight is 322 g/mol. The molecule has 0 spiro atoms. The molecule has 0 saturated heterocycles. The number of anilines is 1. The van der Waals surface area contributed by atoms with Crippen LogP contribution in [0.4, 0.5) is 5.69 Å². The number of nitrogens with zero attached hydrogens (tertiary/aromatic N) is 1. The fourth-order valence-corrected chi connectivity index (χ4v) is 2.26. The summed E-state index contributed by atoms with van der Waals surface area (Å²) in [6.45, 7) is 3.67. The van der Waals surface area contributed by atoms with Crippen LogP contribution >= 0.6 is 0 Å². The van der Waals surface area contributed by atoms with Gasteiger partial charge in [0, 0.05) is 18.2 Å². The van der Waals surface area contributed by atoms with Gasteiger partial charge >= 0.3 is 0 Å². The van der Waals surface area contributed by atoms with Crippen LogP contribution in [0.25, 0.3) is 11.5 Å². The van der Waals surface area contributed by atoms with E-state index in [1.165, 1.54) is 6.92 Å². The molecule has 2 aromatic carbocycles. The maximum Gasteiger partial charge on any atom is 0.226 e. The summed E-state index contributed by atoms with van der Waals surface area (Å²) >= 11 is 0. The van der Waals surface area contributed by atoms with E-state index in [0.717, 1.165) is 22.7 Å². The summed E-state index contributed by atoms with van der Waals surface area (Å²) < 4.78 is 11.5. The smallest absolute Gasteiger partial charge is 0.226 e. The summed E-state index contributed by atoms with van der Waals surface area (Å²) in [5, 5.41) is 2.71. The van der Waals surface area contributed by atoms with E-state index in [1.807, 2.05) is 37.3 Å².